The molecule has 0 saturated carbocycles. The Morgan fingerprint density at radius 3 is 2.24 bits per heavy atom. The van der Waals surface area contributed by atoms with E-state index in [2.05, 4.69) is 35.9 Å². The predicted octanol–water partition coefficient (Wildman–Crippen LogP) is 2.01. The number of nitrogens with one attached hydrogen (secondary N) is 2. The Bertz CT molecular complexity index is 1250. The number of H-pyrrole nitrogens is 1. The SMILES string of the molecule is Cc1nc(NCc2ccc(-c3ccccc3-c3nn[nH]n3)cc2)cc(C(F)(F)C(F)(F)F)n1.[H-].[Na+]. The number of hydrogen-bond donors (Lipinski definition) is 2. The van der Waals surface area contributed by atoms with E-state index in [1.54, 1.807) is 12.1 Å². The molecule has 0 aliphatic heterocycles. The zero-order valence-electron chi connectivity index (χ0n) is 19.0. The van der Waals surface area contributed by atoms with Gasteiger partial charge in [0.05, 0.1) is 0 Å². The van der Waals surface area contributed by atoms with Crippen LogP contribution in [0, 0.1) is 6.92 Å². The minimum atomic E-state index is -5.75. The number of anilines is 1. The first-order chi connectivity index (χ1) is 15.6. The Balaban J connectivity index is 0.00000216. The summed E-state index contributed by atoms with van der Waals surface area (Å²) in [6, 6.07) is 15.4. The standard InChI is InChI=1S/C21H16F5N7.Na.H/c1-12-28-17(20(22,23)21(24,25)26)10-18(29-12)27-11-13-6-8-14(9-7-13)15-4-2-3-5-16(15)19-30-32-33-31-19;;/h2-10H,11H2,1H3,(H,27,28,29)(H,30,31,32,33);;/q;+1;-1. The molecule has 34 heavy (non-hydrogen) atoms. The molecule has 2 N–H and O–H groups in total. The molecule has 0 radical (unpaired) electrons. The van der Waals surface area contributed by atoms with Crippen molar-refractivity contribution in [2.45, 2.75) is 25.6 Å². The summed E-state index contributed by atoms with van der Waals surface area (Å²) in [7, 11) is 0. The van der Waals surface area contributed by atoms with Gasteiger partial charge in [-0.3, -0.25) is 0 Å². The zero-order valence-corrected chi connectivity index (χ0v) is 20.0. The average Bonchev–Trinajstić information content (AvgIpc) is 3.32. The number of rotatable bonds is 6. The van der Waals surface area contributed by atoms with Crippen molar-refractivity contribution in [2.24, 2.45) is 0 Å². The zero-order chi connectivity index (χ0) is 23.6. The smallest absolute Gasteiger partial charge is 1.00 e. The van der Waals surface area contributed by atoms with E-state index in [4.69, 9.17) is 0 Å². The van der Waals surface area contributed by atoms with Gasteiger partial charge >= 0.3 is 41.7 Å². The summed E-state index contributed by atoms with van der Waals surface area (Å²) in [5.41, 5.74) is 1.90. The molecular formula is C21H17F5N7Na. The summed E-state index contributed by atoms with van der Waals surface area (Å²) in [5, 5.41) is 16.8. The molecule has 0 aliphatic rings. The van der Waals surface area contributed by atoms with E-state index in [0.717, 1.165) is 22.3 Å². The molecule has 4 aromatic rings. The van der Waals surface area contributed by atoms with Crippen LogP contribution >= 0.6 is 0 Å². The fraction of sp³-hybridized carbons (Fsp3) is 0.190. The molecule has 172 valence electrons. The maximum atomic E-state index is 13.7. The Hall–Kier alpha value is -2.96. The molecule has 7 nitrogen and oxygen atoms in total. The first kappa shape index (κ1) is 25.7. The molecule has 4 rings (SSSR count). The number of benzene rings is 2. The first-order valence-corrected chi connectivity index (χ1v) is 9.62. The molecule has 0 aliphatic carbocycles. The molecule has 13 heteroatoms. The maximum absolute atomic E-state index is 13.7. The van der Waals surface area contributed by atoms with Crippen molar-refractivity contribution in [1.82, 2.24) is 30.6 Å². The number of hydrogen-bond acceptors (Lipinski definition) is 6. The summed E-state index contributed by atoms with van der Waals surface area (Å²) in [5.74, 6) is -4.97. The molecule has 0 fully saturated rings. The molecule has 0 bridgehead atoms. The monoisotopic (exact) mass is 485 g/mol. The van der Waals surface area contributed by atoms with Gasteiger partial charge in [0.15, 0.2) is 0 Å². The van der Waals surface area contributed by atoms with Crippen molar-refractivity contribution in [1.29, 1.82) is 0 Å². The fourth-order valence-corrected chi connectivity index (χ4v) is 3.16. The van der Waals surface area contributed by atoms with Gasteiger partial charge in [-0.1, -0.05) is 48.5 Å². The molecule has 0 amide bonds. The third-order valence-electron chi connectivity index (χ3n) is 4.77. The van der Waals surface area contributed by atoms with E-state index in [9.17, 15) is 22.0 Å². The first-order valence-electron chi connectivity index (χ1n) is 9.62. The van der Waals surface area contributed by atoms with E-state index in [1.165, 1.54) is 6.92 Å². The van der Waals surface area contributed by atoms with Gasteiger partial charge < -0.3 is 6.74 Å². The largest absolute Gasteiger partial charge is 1.00 e. The van der Waals surface area contributed by atoms with E-state index in [0.29, 0.717) is 11.9 Å². The van der Waals surface area contributed by atoms with Gasteiger partial charge in [0.1, 0.15) is 17.3 Å². The Kier molecular flexibility index (Phi) is 7.64. The molecule has 0 unspecified atom stereocenters. The summed E-state index contributed by atoms with van der Waals surface area (Å²) >= 11 is 0. The number of nitrogens with zero attached hydrogens (tertiary/aromatic N) is 5. The van der Waals surface area contributed by atoms with Crippen LogP contribution in [-0.2, 0) is 12.5 Å². The van der Waals surface area contributed by atoms with Crippen LogP contribution in [0.5, 0.6) is 0 Å². The second-order valence-electron chi connectivity index (χ2n) is 7.09. The van der Waals surface area contributed by atoms with Gasteiger partial charge in [0.2, 0.25) is 5.82 Å². The summed E-state index contributed by atoms with van der Waals surface area (Å²) in [6.45, 7) is 1.40. The van der Waals surface area contributed by atoms with Crippen LogP contribution in [0.4, 0.5) is 27.8 Å². The summed E-state index contributed by atoms with van der Waals surface area (Å²) < 4.78 is 65.4. The van der Waals surface area contributed by atoms with Crippen molar-refractivity contribution in [3.05, 3.63) is 71.7 Å². The molecule has 0 spiro atoms. The quantitative estimate of drug-likeness (QED) is 0.321. The van der Waals surface area contributed by atoms with Crippen LogP contribution in [-0.4, -0.2) is 36.8 Å². The minimum Gasteiger partial charge on any atom is -1.00 e. The van der Waals surface area contributed by atoms with Crippen molar-refractivity contribution >= 4 is 5.82 Å². The van der Waals surface area contributed by atoms with E-state index < -0.39 is 17.8 Å². The van der Waals surface area contributed by atoms with Crippen molar-refractivity contribution in [3.8, 4) is 22.5 Å². The number of halogens is 5. The third kappa shape index (κ3) is 5.40. The minimum absolute atomic E-state index is 0. The van der Waals surface area contributed by atoms with Crippen molar-refractivity contribution in [3.63, 3.8) is 0 Å². The van der Waals surface area contributed by atoms with Crippen LogP contribution in [0.2, 0.25) is 0 Å². The number of aryl methyl sites for hydroxylation is 1. The molecule has 2 heterocycles. The maximum Gasteiger partial charge on any atom is 1.00 e. The Morgan fingerprint density at radius 1 is 0.941 bits per heavy atom. The number of tetrazole rings is 1. The van der Waals surface area contributed by atoms with Crippen LogP contribution in [0.25, 0.3) is 22.5 Å². The van der Waals surface area contributed by atoms with E-state index >= 15 is 0 Å². The average molecular weight is 485 g/mol. The van der Waals surface area contributed by atoms with Crippen LogP contribution < -0.4 is 34.9 Å². The molecule has 2 aromatic heterocycles. The second kappa shape index (κ2) is 10.1. The molecule has 0 saturated heterocycles. The number of aromatic amines is 1. The fourth-order valence-electron chi connectivity index (χ4n) is 3.16. The van der Waals surface area contributed by atoms with Crippen LogP contribution in [0.1, 0.15) is 18.5 Å². The Morgan fingerprint density at radius 2 is 1.62 bits per heavy atom. The van der Waals surface area contributed by atoms with E-state index in [-0.39, 0.29) is 49.2 Å². The normalized spacial score (nSPS) is 11.7. The van der Waals surface area contributed by atoms with Crippen LogP contribution in [0.15, 0.2) is 54.6 Å². The number of aromatic nitrogens is 6. The summed E-state index contributed by atoms with van der Waals surface area (Å²) in [4.78, 5) is 7.17. The summed E-state index contributed by atoms with van der Waals surface area (Å²) in [6.07, 6.45) is -5.75. The van der Waals surface area contributed by atoms with Crippen LogP contribution in [0.3, 0.4) is 0 Å². The molecule has 0 atom stereocenters. The predicted molar refractivity (Wildman–Crippen MR) is 110 cm³/mol. The third-order valence-corrected chi connectivity index (χ3v) is 4.77. The molecule has 2 aromatic carbocycles. The number of alkyl halides is 5. The van der Waals surface area contributed by atoms with Gasteiger partial charge in [-0.2, -0.15) is 27.2 Å². The van der Waals surface area contributed by atoms with Gasteiger partial charge in [-0.15, -0.1) is 10.2 Å². The van der Waals surface area contributed by atoms with Gasteiger partial charge in [0.25, 0.3) is 0 Å². The van der Waals surface area contributed by atoms with Crippen molar-refractivity contribution in [2.75, 3.05) is 5.32 Å². The molecular weight excluding hydrogens is 468 g/mol. The van der Waals surface area contributed by atoms with Gasteiger partial charge in [0, 0.05) is 18.2 Å². The van der Waals surface area contributed by atoms with Gasteiger partial charge in [-0.05, 0) is 28.8 Å². The van der Waals surface area contributed by atoms with Crippen molar-refractivity contribution < 1.29 is 52.9 Å². The second-order valence-corrected chi connectivity index (χ2v) is 7.09. The van der Waals surface area contributed by atoms with E-state index in [1.807, 2.05) is 36.4 Å². The van der Waals surface area contributed by atoms with Gasteiger partial charge in [-0.25, -0.2) is 9.97 Å². The topological polar surface area (TPSA) is 92.3 Å². The Labute approximate surface area is 214 Å².